The molecule has 3 rings (SSSR count). The Morgan fingerprint density at radius 2 is 2.07 bits per heavy atom. The number of fused-ring (bicyclic) bond motifs is 1. The van der Waals surface area contributed by atoms with Gasteiger partial charge in [0.15, 0.2) is 6.23 Å². The molecule has 0 saturated heterocycles. The van der Waals surface area contributed by atoms with Gasteiger partial charge in [-0.15, -0.1) is 11.3 Å². The summed E-state index contributed by atoms with van der Waals surface area (Å²) in [6, 6.07) is 7.07. The zero-order valence-electron chi connectivity index (χ0n) is 14.7. The molecular weight excluding hydrogens is 379 g/mol. The van der Waals surface area contributed by atoms with E-state index in [1.54, 1.807) is 18.7 Å². The van der Waals surface area contributed by atoms with Crippen LogP contribution in [0.2, 0.25) is 0 Å². The number of carbonyl (C=O) groups is 1. The average Bonchev–Trinajstić information content (AvgIpc) is 3.10. The Balaban J connectivity index is 2.21. The third kappa shape index (κ3) is 3.72. The van der Waals surface area contributed by atoms with Crippen LogP contribution in [-0.4, -0.2) is 23.9 Å². The summed E-state index contributed by atoms with van der Waals surface area (Å²) in [7, 11) is 0. The zero-order chi connectivity index (χ0) is 19.8. The highest BCUT2D eigenvalue weighted by atomic mass is 32.1. The van der Waals surface area contributed by atoms with Crippen LogP contribution in [0.5, 0.6) is 0 Å². The fraction of sp³-hybridized carbons (Fsp3) is 0.316. The Hall–Kier alpha value is -2.32. The molecule has 1 aliphatic heterocycles. The van der Waals surface area contributed by atoms with Crippen molar-refractivity contribution in [3.05, 3.63) is 57.3 Å². The average molecular weight is 397 g/mol. The van der Waals surface area contributed by atoms with E-state index in [-0.39, 0.29) is 18.7 Å². The van der Waals surface area contributed by atoms with E-state index < -0.39 is 23.9 Å². The molecule has 0 spiro atoms. The first kappa shape index (κ1) is 19.4. The van der Waals surface area contributed by atoms with E-state index in [9.17, 15) is 23.1 Å². The van der Waals surface area contributed by atoms with Crippen LogP contribution in [0, 0.1) is 0 Å². The Labute approximate surface area is 158 Å². The van der Waals surface area contributed by atoms with Crippen molar-refractivity contribution in [2.45, 2.75) is 32.8 Å². The van der Waals surface area contributed by atoms with Crippen LogP contribution in [0.3, 0.4) is 0 Å². The summed E-state index contributed by atoms with van der Waals surface area (Å²) in [5.74, 6) is -1.15. The minimum atomic E-state index is -4.49. The van der Waals surface area contributed by atoms with Crippen molar-refractivity contribution in [1.29, 1.82) is 0 Å². The quantitative estimate of drug-likeness (QED) is 0.771. The number of aliphatic carboxylic acids is 1. The maximum Gasteiger partial charge on any atom is 0.416 e. The molecule has 0 saturated carbocycles. The predicted octanol–water partition coefficient (Wildman–Crippen LogP) is 5.01. The number of thiophene rings is 1. The fourth-order valence-corrected chi connectivity index (χ4v) is 3.91. The lowest BCUT2D eigenvalue weighted by Gasteiger charge is -2.39. The third-order valence-corrected chi connectivity index (χ3v) is 5.29. The van der Waals surface area contributed by atoms with Gasteiger partial charge in [-0.1, -0.05) is 12.1 Å². The summed E-state index contributed by atoms with van der Waals surface area (Å²) < 4.78 is 45.4. The summed E-state index contributed by atoms with van der Waals surface area (Å²) >= 11 is 1.45. The van der Waals surface area contributed by atoms with Crippen molar-refractivity contribution in [1.82, 2.24) is 0 Å². The Morgan fingerprint density at radius 3 is 2.63 bits per heavy atom. The second-order valence-electron chi connectivity index (χ2n) is 6.09. The minimum absolute atomic E-state index is 0.0423. The molecule has 0 aliphatic carbocycles. The molecule has 0 amide bonds. The summed E-state index contributed by atoms with van der Waals surface area (Å²) in [6.07, 6.45) is -5.46. The molecule has 4 nitrogen and oxygen atoms in total. The number of alkyl halides is 3. The van der Waals surface area contributed by atoms with Gasteiger partial charge in [-0.25, -0.2) is 4.79 Å². The van der Waals surface area contributed by atoms with Gasteiger partial charge in [0.2, 0.25) is 0 Å². The number of hydrogen-bond donors (Lipinski definition) is 1. The molecule has 1 aliphatic rings. The third-order valence-electron chi connectivity index (χ3n) is 4.43. The second-order valence-corrected chi connectivity index (χ2v) is 7.12. The highest BCUT2D eigenvalue weighted by molar-refractivity contribution is 7.09. The molecule has 0 fully saturated rings. The lowest BCUT2D eigenvalue weighted by Crippen LogP contribution is -2.43. The topological polar surface area (TPSA) is 49.8 Å². The molecule has 1 aromatic heterocycles. The molecular formula is C19H18F3NO3S. The van der Waals surface area contributed by atoms with Crippen molar-refractivity contribution in [2.75, 3.05) is 11.5 Å². The van der Waals surface area contributed by atoms with Crippen LogP contribution in [0.1, 0.15) is 29.9 Å². The summed E-state index contributed by atoms with van der Waals surface area (Å²) in [5.41, 5.74) is 0.458. The van der Waals surface area contributed by atoms with Crippen LogP contribution in [-0.2, 0) is 22.3 Å². The molecule has 144 valence electrons. The Bertz CT molecular complexity index is 875. The van der Waals surface area contributed by atoms with E-state index in [2.05, 4.69) is 0 Å². The van der Waals surface area contributed by atoms with Crippen LogP contribution in [0.25, 0.3) is 5.57 Å². The van der Waals surface area contributed by atoms with E-state index >= 15 is 0 Å². The largest absolute Gasteiger partial charge is 0.478 e. The van der Waals surface area contributed by atoms with Crippen LogP contribution >= 0.6 is 11.3 Å². The van der Waals surface area contributed by atoms with E-state index in [1.165, 1.54) is 17.4 Å². The van der Waals surface area contributed by atoms with Crippen LogP contribution in [0.4, 0.5) is 18.9 Å². The molecule has 2 aromatic rings. The first-order chi connectivity index (χ1) is 12.7. The first-order valence-electron chi connectivity index (χ1n) is 8.30. The molecule has 8 heteroatoms. The smallest absolute Gasteiger partial charge is 0.416 e. The number of allylic oxidation sites excluding steroid dienone is 1. The van der Waals surface area contributed by atoms with Gasteiger partial charge in [0.25, 0.3) is 0 Å². The van der Waals surface area contributed by atoms with E-state index in [1.807, 2.05) is 17.5 Å². The predicted molar refractivity (Wildman–Crippen MR) is 97.6 cm³/mol. The van der Waals surface area contributed by atoms with E-state index in [0.717, 1.165) is 17.0 Å². The minimum Gasteiger partial charge on any atom is -0.478 e. The molecule has 1 unspecified atom stereocenters. The summed E-state index contributed by atoms with van der Waals surface area (Å²) in [6.45, 7) is 3.80. The number of halogens is 3. The van der Waals surface area contributed by atoms with Crippen molar-refractivity contribution in [3.8, 4) is 0 Å². The molecule has 2 heterocycles. The highest BCUT2D eigenvalue weighted by Gasteiger charge is 2.38. The Morgan fingerprint density at radius 1 is 1.33 bits per heavy atom. The number of ether oxygens (including phenoxy) is 1. The number of nitrogens with zero attached hydrogens (tertiary/aromatic N) is 1. The highest BCUT2D eigenvalue weighted by Crippen LogP contribution is 2.42. The maximum atomic E-state index is 13.3. The molecule has 1 N–H and O–H groups in total. The van der Waals surface area contributed by atoms with Gasteiger partial charge in [-0.05, 0) is 43.0 Å². The van der Waals surface area contributed by atoms with Crippen molar-refractivity contribution >= 4 is 28.6 Å². The first-order valence-corrected chi connectivity index (χ1v) is 9.18. The number of carboxylic acids is 1. The number of rotatable bonds is 5. The molecule has 1 aromatic carbocycles. The number of anilines is 1. The van der Waals surface area contributed by atoms with Gasteiger partial charge < -0.3 is 14.7 Å². The van der Waals surface area contributed by atoms with Gasteiger partial charge in [0.1, 0.15) is 0 Å². The van der Waals surface area contributed by atoms with Gasteiger partial charge in [0.05, 0.1) is 17.7 Å². The summed E-state index contributed by atoms with van der Waals surface area (Å²) in [4.78, 5) is 14.4. The lowest BCUT2D eigenvalue weighted by molar-refractivity contribution is -0.138. The fourth-order valence-electron chi connectivity index (χ4n) is 3.21. The van der Waals surface area contributed by atoms with Crippen LogP contribution in [0.15, 0.2) is 41.3 Å². The number of benzene rings is 1. The summed E-state index contributed by atoms with van der Waals surface area (Å²) in [5, 5.41) is 11.6. The van der Waals surface area contributed by atoms with Gasteiger partial charge in [-0.3, -0.25) is 0 Å². The van der Waals surface area contributed by atoms with Gasteiger partial charge in [0, 0.05) is 22.7 Å². The van der Waals surface area contributed by atoms with E-state index in [0.29, 0.717) is 16.8 Å². The van der Waals surface area contributed by atoms with E-state index in [4.69, 9.17) is 4.74 Å². The Kier molecular flexibility index (Phi) is 5.30. The molecule has 0 radical (unpaired) electrons. The standard InChI is InChI=1S/C19H18F3NO3S/c1-3-26-17-16(18(24)25)11(2)14-7-6-12(19(20,21)22)9-15(14)23(17)10-13-5-4-8-27-13/h4-9,17H,3,10H2,1-2H3,(H,24,25). The maximum absolute atomic E-state index is 13.3. The van der Waals surface area contributed by atoms with Crippen molar-refractivity contribution in [2.24, 2.45) is 0 Å². The normalized spacial score (nSPS) is 17.2. The van der Waals surface area contributed by atoms with Crippen molar-refractivity contribution in [3.63, 3.8) is 0 Å². The molecule has 0 bridgehead atoms. The number of carboxylic acid groups (broad SMARTS) is 1. The zero-order valence-corrected chi connectivity index (χ0v) is 15.5. The monoisotopic (exact) mass is 397 g/mol. The van der Waals surface area contributed by atoms with Gasteiger partial charge in [-0.2, -0.15) is 13.2 Å². The molecule has 27 heavy (non-hydrogen) atoms. The second kappa shape index (κ2) is 7.36. The van der Waals surface area contributed by atoms with Crippen molar-refractivity contribution < 1.29 is 27.8 Å². The number of hydrogen-bond acceptors (Lipinski definition) is 4. The lowest BCUT2D eigenvalue weighted by atomic mass is 9.91. The van der Waals surface area contributed by atoms with Gasteiger partial charge >= 0.3 is 12.1 Å². The SMILES string of the molecule is CCOC1C(C(=O)O)=C(C)c2ccc(C(F)(F)F)cc2N1Cc1cccs1. The van der Waals surface area contributed by atoms with Crippen LogP contribution < -0.4 is 4.90 Å². The molecule has 1 atom stereocenters.